The third-order valence-electron chi connectivity index (χ3n) is 12.4. The minimum absolute atomic E-state index is 1.13. The van der Waals surface area contributed by atoms with E-state index in [1.54, 1.807) is 0 Å². The molecule has 2 heteroatoms. The molecule has 0 radical (unpaired) electrons. The number of fused-ring (bicyclic) bond motifs is 4. The first kappa shape index (κ1) is 37.1. The molecule has 0 saturated carbocycles. The Morgan fingerprint density at radius 2 is 0.565 bits per heavy atom. The van der Waals surface area contributed by atoms with Crippen molar-refractivity contribution in [3.05, 3.63) is 242 Å². The molecule has 11 aromatic rings. The van der Waals surface area contributed by atoms with E-state index in [-0.39, 0.29) is 0 Å². The molecule has 0 unspecified atom stereocenters. The minimum atomic E-state index is 1.13. The predicted octanol–water partition coefficient (Wildman–Crippen LogP) is 17.2. The number of hydrogen-bond acceptors (Lipinski definition) is 2. The third-order valence-corrected chi connectivity index (χ3v) is 12.4. The van der Waals surface area contributed by atoms with Gasteiger partial charge in [0.2, 0.25) is 0 Å². The average molecular weight is 793 g/mol. The molecule has 294 valence electrons. The molecule has 11 aromatic carbocycles. The zero-order valence-corrected chi connectivity index (χ0v) is 34.8. The van der Waals surface area contributed by atoms with Crippen LogP contribution in [0.3, 0.4) is 0 Å². The van der Waals surface area contributed by atoms with Crippen molar-refractivity contribution in [1.29, 1.82) is 0 Å². The van der Waals surface area contributed by atoms with E-state index in [4.69, 9.17) is 0 Å². The van der Waals surface area contributed by atoms with E-state index in [2.05, 4.69) is 254 Å². The second kappa shape index (κ2) is 15.6. The molecule has 0 saturated heterocycles. The van der Waals surface area contributed by atoms with Crippen LogP contribution in [0.25, 0.3) is 65.3 Å². The second-order valence-electron chi connectivity index (χ2n) is 16.3. The van der Waals surface area contributed by atoms with Crippen LogP contribution in [0.15, 0.2) is 231 Å². The molecule has 0 aliphatic rings. The van der Waals surface area contributed by atoms with E-state index < -0.39 is 0 Å². The standard InChI is InChI=1S/C60H44N2/c1-41-25-33-47(34-26-41)61(57-23-11-15-43-13-3-5-17-51(43)57)59-39-37-49(53-19-7-9-21-55(53)59)45-29-31-46(32-30-45)50-38-40-60(56-22-10-8-20-54(50)56)62(48-35-27-42(2)28-36-48)58-24-12-16-44-14-4-6-18-52(44)58/h3-40H,1-2H3. The molecule has 0 aromatic heterocycles. The Balaban J connectivity index is 1.01. The Morgan fingerprint density at radius 3 is 0.968 bits per heavy atom. The average Bonchev–Trinajstić information content (AvgIpc) is 3.33. The lowest BCUT2D eigenvalue weighted by atomic mass is 9.92. The fraction of sp³-hybridized carbons (Fsp3) is 0.0333. The molecule has 11 rings (SSSR count). The lowest BCUT2D eigenvalue weighted by molar-refractivity contribution is 1.30. The zero-order valence-electron chi connectivity index (χ0n) is 34.8. The van der Waals surface area contributed by atoms with Crippen molar-refractivity contribution in [2.45, 2.75) is 13.8 Å². The molecular weight excluding hydrogens is 749 g/mol. The van der Waals surface area contributed by atoms with Crippen molar-refractivity contribution in [3.63, 3.8) is 0 Å². The van der Waals surface area contributed by atoms with Gasteiger partial charge in [0.05, 0.1) is 22.7 Å². The Hall–Kier alpha value is -7.94. The van der Waals surface area contributed by atoms with Gasteiger partial charge in [-0.25, -0.2) is 0 Å². The van der Waals surface area contributed by atoms with Crippen LogP contribution < -0.4 is 9.80 Å². The first-order valence-electron chi connectivity index (χ1n) is 21.4. The summed E-state index contributed by atoms with van der Waals surface area (Å²) in [5.41, 5.74) is 14.2. The van der Waals surface area contributed by atoms with E-state index in [0.717, 1.165) is 34.1 Å². The molecule has 0 amide bonds. The van der Waals surface area contributed by atoms with Crippen LogP contribution in [-0.2, 0) is 0 Å². The zero-order chi connectivity index (χ0) is 41.6. The number of anilines is 6. The van der Waals surface area contributed by atoms with Gasteiger partial charge in [-0.05, 0) is 106 Å². The van der Waals surface area contributed by atoms with Crippen LogP contribution in [-0.4, -0.2) is 0 Å². The Morgan fingerprint density at radius 1 is 0.242 bits per heavy atom. The molecule has 2 nitrogen and oxygen atoms in total. The van der Waals surface area contributed by atoms with Crippen LogP contribution in [0, 0.1) is 13.8 Å². The lowest BCUT2D eigenvalue weighted by Gasteiger charge is -2.29. The molecule has 0 heterocycles. The monoisotopic (exact) mass is 792 g/mol. The van der Waals surface area contributed by atoms with E-state index >= 15 is 0 Å². The summed E-state index contributed by atoms with van der Waals surface area (Å²) in [5.74, 6) is 0. The van der Waals surface area contributed by atoms with Crippen molar-refractivity contribution in [1.82, 2.24) is 0 Å². The fourth-order valence-electron chi connectivity index (χ4n) is 9.30. The molecular formula is C60H44N2. The topological polar surface area (TPSA) is 6.48 Å². The summed E-state index contributed by atoms with van der Waals surface area (Å²) < 4.78 is 0. The van der Waals surface area contributed by atoms with Crippen LogP contribution in [0.4, 0.5) is 34.1 Å². The highest BCUT2D eigenvalue weighted by Crippen LogP contribution is 2.46. The summed E-state index contributed by atoms with van der Waals surface area (Å²) in [7, 11) is 0. The maximum absolute atomic E-state index is 2.42. The van der Waals surface area contributed by atoms with Gasteiger partial charge in [0, 0.05) is 32.9 Å². The highest BCUT2D eigenvalue weighted by molar-refractivity contribution is 6.11. The highest BCUT2D eigenvalue weighted by atomic mass is 15.2. The largest absolute Gasteiger partial charge is 0.309 e. The van der Waals surface area contributed by atoms with Gasteiger partial charge in [-0.1, -0.05) is 193 Å². The van der Waals surface area contributed by atoms with Gasteiger partial charge in [-0.15, -0.1) is 0 Å². The summed E-state index contributed by atoms with van der Waals surface area (Å²) in [4.78, 5) is 4.85. The molecule has 0 spiro atoms. The van der Waals surface area contributed by atoms with Gasteiger partial charge in [-0.3, -0.25) is 0 Å². The number of benzene rings is 11. The van der Waals surface area contributed by atoms with Crippen LogP contribution >= 0.6 is 0 Å². The Bertz CT molecular complexity index is 3180. The van der Waals surface area contributed by atoms with Crippen molar-refractivity contribution < 1.29 is 0 Å². The van der Waals surface area contributed by atoms with Crippen molar-refractivity contribution >= 4 is 77.2 Å². The first-order valence-corrected chi connectivity index (χ1v) is 21.4. The van der Waals surface area contributed by atoms with Gasteiger partial charge in [0.1, 0.15) is 0 Å². The number of aryl methyl sites for hydroxylation is 2. The summed E-state index contributed by atoms with van der Waals surface area (Å²) in [5, 5.41) is 9.72. The normalized spacial score (nSPS) is 11.4. The van der Waals surface area contributed by atoms with Crippen LogP contribution in [0.1, 0.15) is 11.1 Å². The summed E-state index contributed by atoms with van der Waals surface area (Å²) in [6, 6.07) is 84.3. The van der Waals surface area contributed by atoms with E-state index in [1.807, 2.05) is 0 Å². The summed E-state index contributed by atoms with van der Waals surface area (Å²) in [6.45, 7) is 4.29. The lowest BCUT2D eigenvalue weighted by Crippen LogP contribution is -2.11. The van der Waals surface area contributed by atoms with Crippen molar-refractivity contribution in [3.8, 4) is 22.3 Å². The number of nitrogens with zero attached hydrogens (tertiary/aromatic N) is 2. The molecule has 0 atom stereocenters. The molecule has 0 fully saturated rings. The second-order valence-corrected chi connectivity index (χ2v) is 16.3. The maximum Gasteiger partial charge on any atom is 0.0540 e. The van der Waals surface area contributed by atoms with E-state index in [0.29, 0.717) is 0 Å². The van der Waals surface area contributed by atoms with Gasteiger partial charge >= 0.3 is 0 Å². The van der Waals surface area contributed by atoms with E-state index in [1.165, 1.54) is 76.5 Å². The van der Waals surface area contributed by atoms with Gasteiger partial charge in [-0.2, -0.15) is 0 Å². The van der Waals surface area contributed by atoms with Gasteiger partial charge in [0.25, 0.3) is 0 Å². The van der Waals surface area contributed by atoms with Gasteiger partial charge < -0.3 is 9.80 Å². The Kier molecular flexibility index (Phi) is 9.32. The summed E-state index contributed by atoms with van der Waals surface area (Å²) >= 11 is 0. The maximum atomic E-state index is 2.42. The highest BCUT2D eigenvalue weighted by Gasteiger charge is 2.21. The fourth-order valence-corrected chi connectivity index (χ4v) is 9.30. The van der Waals surface area contributed by atoms with Gasteiger partial charge in [0.15, 0.2) is 0 Å². The molecule has 0 aliphatic heterocycles. The SMILES string of the molecule is Cc1ccc(N(c2cccc3ccccc23)c2ccc(-c3ccc(-c4ccc(N(c5ccc(C)cc5)c5cccc6ccccc56)c5ccccc45)cc3)c3ccccc23)cc1. The number of hydrogen-bond donors (Lipinski definition) is 0. The van der Waals surface area contributed by atoms with Crippen LogP contribution in [0.2, 0.25) is 0 Å². The Labute approximate surface area is 363 Å². The first-order chi connectivity index (χ1) is 30.6. The number of rotatable bonds is 8. The van der Waals surface area contributed by atoms with E-state index in [9.17, 15) is 0 Å². The van der Waals surface area contributed by atoms with Crippen molar-refractivity contribution in [2.24, 2.45) is 0 Å². The molecule has 0 bridgehead atoms. The quantitative estimate of drug-likeness (QED) is 0.151. The van der Waals surface area contributed by atoms with Crippen LogP contribution in [0.5, 0.6) is 0 Å². The molecule has 0 N–H and O–H groups in total. The third kappa shape index (κ3) is 6.54. The van der Waals surface area contributed by atoms with Crippen molar-refractivity contribution in [2.75, 3.05) is 9.80 Å². The minimum Gasteiger partial charge on any atom is -0.309 e. The molecule has 62 heavy (non-hydrogen) atoms. The summed E-state index contributed by atoms with van der Waals surface area (Å²) in [6.07, 6.45) is 0. The predicted molar refractivity (Wildman–Crippen MR) is 266 cm³/mol. The smallest absolute Gasteiger partial charge is 0.0540 e. The molecule has 0 aliphatic carbocycles.